The molecule has 2 saturated carbocycles. The number of allylic oxidation sites excluding steroid dienone is 3. The SMILES string of the molecule is C[C@@H](CCCC(C)(C)O)[C@H](C)[C@@]1(C)CCC/C(=C\C=C2C[C@@H](O)C[C@H](O)C2)C1. The highest BCUT2D eigenvalue weighted by molar-refractivity contribution is 5.22. The molecule has 3 nitrogen and oxygen atoms in total. The second kappa shape index (κ2) is 9.91. The predicted octanol–water partition coefficient (Wildman–Crippen LogP) is 5.54. The molecule has 0 aromatic carbocycles. The highest BCUT2D eigenvalue weighted by Gasteiger charge is 2.36. The Morgan fingerprint density at radius 2 is 1.71 bits per heavy atom. The number of hydrogen-bond acceptors (Lipinski definition) is 3. The summed E-state index contributed by atoms with van der Waals surface area (Å²) in [5, 5.41) is 29.7. The Morgan fingerprint density at radius 3 is 2.32 bits per heavy atom. The second-order valence-corrected chi connectivity index (χ2v) is 10.8. The smallest absolute Gasteiger partial charge is 0.0602 e. The molecule has 3 N–H and O–H groups in total. The average molecular weight is 393 g/mol. The fraction of sp³-hybridized carbons (Fsp3) is 0.840. The maximum absolute atomic E-state index is 9.96. The first-order chi connectivity index (χ1) is 13.0. The van der Waals surface area contributed by atoms with Crippen molar-refractivity contribution in [2.24, 2.45) is 17.3 Å². The van der Waals surface area contributed by atoms with E-state index in [1.54, 1.807) is 0 Å². The van der Waals surface area contributed by atoms with Crippen LogP contribution in [-0.2, 0) is 0 Å². The first-order valence-corrected chi connectivity index (χ1v) is 11.4. The zero-order valence-corrected chi connectivity index (χ0v) is 18.9. The van der Waals surface area contributed by atoms with E-state index in [9.17, 15) is 15.3 Å². The van der Waals surface area contributed by atoms with Crippen LogP contribution in [0.2, 0.25) is 0 Å². The number of hydrogen-bond donors (Lipinski definition) is 3. The quantitative estimate of drug-likeness (QED) is 0.533. The van der Waals surface area contributed by atoms with Gasteiger partial charge in [0.05, 0.1) is 17.8 Å². The van der Waals surface area contributed by atoms with Crippen LogP contribution in [-0.4, -0.2) is 33.1 Å². The van der Waals surface area contributed by atoms with Gasteiger partial charge in [-0.05, 0) is 82.5 Å². The largest absolute Gasteiger partial charge is 0.393 e. The van der Waals surface area contributed by atoms with Crippen molar-refractivity contribution in [3.63, 3.8) is 0 Å². The third-order valence-corrected chi connectivity index (χ3v) is 7.37. The summed E-state index contributed by atoms with van der Waals surface area (Å²) in [6.07, 6.45) is 13.6. The van der Waals surface area contributed by atoms with Crippen LogP contribution in [0.15, 0.2) is 23.3 Å². The molecule has 0 saturated heterocycles. The summed E-state index contributed by atoms with van der Waals surface area (Å²) in [5.41, 5.74) is 2.48. The van der Waals surface area contributed by atoms with Gasteiger partial charge in [0.2, 0.25) is 0 Å². The molecule has 2 aliphatic rings. The van der Waals surface area contributed by atoms with Crippen molar-refractivity contribution in [2.75, 3.05) is 0 Å². The van der Waals surface area contributed by atoms with Crippen LogP contribution in [0, 0.1) is 17.3 Å². The van der Waals surface area contributed by atoms with E-state index in [1.165, 1.54) is 36.8 Å². The normalized spacial score (nSPS) is 33.0. The van der Waals surface area contributed by atoms with Crippen molar-refractivity contribution in [2.45, 2.75) is 117 Å². The third-order valence-electron chi connectivity index (χ3n) is 7.37. The second-order valence-electron chi connectivity index (χ2n) is 10.8. The maximum Gasteiger partial charge on any atom is 0.0602 e. The van der Waals surface area contributed by atoms with Crippen LogP contribution in [0.25, 0.3) is 0 Å². The molecule has 0 bridgehead atoms. The molecule has 5 atom stereocenters. The fourth-order valence-electron chi connectivity index (χ4n) is 5.28. The minimum Gasteiger partial charge on any atom is -0.393 e. The van der Waals surface area contributed by atoms with E-state index >= 15 is 0 Å². The molecule has 162 valence electrons. The van der Waals surface area contributed by atoms with Crippen molar-refractivity contribution in [3.05, 3.63) is 23.3 Å². The fourth-order valence-corrected chi connectivity index (χ4v) is 5.28. The summed E-state index contributed by atoms with van der Waals surface area (Å²) < 4.78 is 0. The maximum atomic E-state index is 9.96. The molecule has 0 amide bonds. The summed E-state index contributed by atoms with van der Waals surface area (Å²) >= 11 is 0. The Kier molecular flexibility index (Phi) is 8.37. The van der Waals surface area contributed by atoms with E-state index in [-0.39, 0.29) is 0 Å². The first kappa shape index (κ1) is 23.6. The van der Waals surface area contributed by atoms with Gasteiger partial charge in [0, 0.05) is 0 Å². The molecular formula is C25H44O3. The van der Waals surface area contributed by atoms with Crippen molar-refractivity contribution in [1.29, 1.82) is 0 Å². The van der Waals surface area contributed by atoms with Crippen molar-refractivity contribution >= 4 is 0 Å². The van der Waals surface area contributed by atoms with Crippen molar-refractivity contribution in [1.82, 2.24) is 0 Å². The lowest BCUT2D eigenvalue weighted by Gasteiger charge is -2.43. The average Bonchev–Trinajstić information content (AvgIpc) is 2.57. The molecule has 0 aromatic heterocycles. The molecule has 2 aliphatic carbocycles. The van der Waals surface area contributed by atoms with Crippen LogP contribution in [0.5, 0.6) is 0 Å². The molecular weight excluding hydrogens is 348 g/mol. The van der Waals surface area contributed by atoms with E-state index in [2.05, 4.69) is 32.9 Å². The van der Waals surface area contributed by atoms with Crippen LogP contribution in [0.1, 0.15) is 98.8 Å². The van der Waals surface area contributed by atoms with Crippen LogP contribution >= 0.6 is 0 Å². The molecule has 2 fully saturated rings. The zero-order valence-electron chi connectivity index (χ0n) is 18.9. The lowest BCUT2D eigenvalue weighted by Crippen LogP contribution is -2.33. The molecule has 3 heteroatoms. The van der Waals surface area contributed by atoms with Gasteiger partial charge in [0.1, 0.15) is 0 Å². The molecule has 0 aliphatic heterocycles. The summed E-state index contributed by atoms with van der Waals surface area (Å²) in [5.74, 6) is 1.32. The van der Waals surface area contributed by atoms with Crippen molar-refractivity contribution in [3.8, 4) is 0 Å². The van der Waals surface area contributed by atoms with Crippen LogP contribution < -0.4 is 0 Å². The Morgan fingerprint density at radius 1 is 1.11 bits per heavy atom. The predicted molar refractivity (Wildman–Crippen MR) is 117 cm³/mol. The highest BCUT2D eigenvalue weighted by atomic mass is 16.3. The summed E-state index contributed by atoms with van der Waals surface area (Å²) in [6, 6.07) is 0. The number of aliphatic hydroxyl groups is 3. The van der Waals surface area contributed by atoms with Gasteiger partial charge >= 0.3 is 0 Å². The summed E-state index contributed by atoms with van der Waals surface area (Å²) in [7, 11) is 0. The van der Waals surface area contributed by atoms with Gasteiger partial charge in [-0.2, -0.15) is 0 Å². The lowest BCUT2D eigenvalue weighted by atomic mass is 9.62. The molecule has 28 heavy (non-hydrogen) atoms. The van der Waals surface area contributed by atoms with Gasteiger partial charge < -0.3 is 15.3 Å². The Labute approximate surface area is 172 Å². The van der Waals surface area contributed by atoms with Gasteiger partial charge in [0.15, 0.2) is 0 Å². The monoisotopic (exact) mass is 392 g/mol. The van der Waals surface area contributed by atoms with E-state index in [0.717, 1.165) is 19.3 Å². The van der Waals surface area contributed by atoms with Gasteiger partial charge in [-0.25, -0.2) is 0 Å². The molecule has 0 aromatic rings. The molecule has 2 rings (SSSR count). The van der Waals surface area contributed by atoms with E-state index < -0.39 is 17.8 Å². The molecule has 0 radical (unpaired) electrons. The van der Waals surface area contributed by atoms with E-state index in [0.29, 0.717) is 36.5 Å². The van der Waals surface area contributed by atoms with Gasteiger partial charge in [0.25, 0.3) is 0 Å². The minimum atomic E-state index is -0.554. The Hall–Kier alpha value is -0.640. The topological polar surface area (TPSA) is 60.7 Å². The number of rotatable bonds is 7. The third kappa shape index (κ3) is 7.31. The van der Waals surface area contributed by atoms with E-state index in [1.807, 2.05) is 13.8 Å². The van der Waals surface area contributed by atoms with Crippen molar-refractivity contribution < 1.29 is 15.3 Å². The number of aliphatic hydroxyl groups excluding tert-OH is 2. The van der Waals surface area contributed by atoms with Crippen LogP contribution in [0.4, 0.5) is 0 Å². The summed E-state index contributed by atoms with van der Waals surface area (Å²) in [4.78, 5) is 0. The highest BCUT2D eigenvalue weighted by Crippen LogP contribution is 2.48. The molecule has 0 spiro atoms. The molecule has 0 unspecified atom stereocenters. The van der Waals surface area contributed by atoms with Gasteiger partial charge in [-0.3, -0.25) is 0 Å². The summed E-state index contributed by atoms with van der Waals surface area (Å²) in [6.45, 7) is 11.1. The Balaban J connectivity index is 1.95. The zero-order chi connectivity index (χ0) is 20.9. The van der Waals surface area contributed by atoms with E-state index in [4.69, 9.17) is 0 Å². The van der Waals surface area contributed by atoms with Gasteiger partial charge in [-0.15, -0.1) is 0 Å². The van der Waals surface area contributed by atoms with Crippen LogP contribution in [0.3, 0.4) is 0 Å². The molecule has 0 heterocycles. The minimum absolute atomic E-state index is 0.336. The standard InChI is InChI=1S/C25H44O3/c1-18(8-6-12-24(3,4)28)19(2)25(5)13-7-9-20(17-25)10-11-21-14-22(26)16-23(27)15-21/h10-11,18-19,22-23,26-28H,6-9,12-17H2,1-5H3/b20-10+/t18-,19-,22+,23+,25-/m0/s1. The lowest BCUT2D eigenvalue weighted by molar-refractivity contribution is 0.0600. The van der Waals surface area contributed by atoms with Gasteiger partial charge in [-0.1, -0.05) is 56.9 Å². The first-order valence-electron chi connectivity index (χ1n) is 11.4. The Bertz CT molecular complexity index is 545.